The molecule has 4 heteroatoms. The molecule has 0 aliphatic carbocycles. The van der Waals surface area contributed by atoms with Crippen molar-refractivity contribution < 1.29 is 9.53 Å². The number of hydrogen-bond donors (Lipinski definition) is 0. The van der Waals surface area contributed by atoms with Gasteiger partial charge < -0.3 is 9.30 Å². The first-order valence-corrected chi connectivity index (χ1v) is 6.36. The highest BCUT2D eigenvalue weighted by molar-refractivity contribution is 5.89. The van der Waals surface area contributed by atoms with Crippen LogP contribution in [0.4, 0.5) is 0 Å². The minimum Gasteiger partial charge on any atom is -0.464 e. The van der Waals surface area contributed by atoms with Crippen LogP contribution in [0.5, 0.6) is 0 Å². The summed E-state index contributed by atoms with van der Waals surface area (Å²) in [7, 11) is 1.44. The third-order valence-corrected chi connectivity index (χ3v) is 3.56. The third kappa shape index (κ3) is 2.08. The van der Waals surface area contributed by atoms with Crippen LogP contribution in [0.3, 0.4) is 0 Å². The van der Waals surface area contributed by atoms with E-state index in [9.17, 15) is 4.79 Å². The first-order valence-electron chi connectivity index (χ1n) is 6.36. The summed E-state index contributed by atoms with van der Waals surface area (Å²) in [4.78, 5) is 16.6. The van der Waals surface area contributed by atoms with Crippen molar-refractivity contribution in [3.8, 4) is 0 Å². The maximum Gasteiger partial charge on any atom is 0.356 e. The van der Waals surface area contributed by atoms with E-state index in [0.29, 0.717) is 11.6 Å². The van der Waals surface area contributed by atoms with Gasteiger partial charge in [0.1, 0.15) is 5.82 Å². The molecule has 1 aliphatic rings. The Morgan fingerprint density at radius 1 is 1.53 bits per heavy atom. The first kappa shape index (κ1) is 12.1. The Bertz CT molecular complexity index is 423. The number of methoxy groups -OCH3 is 1. The van der Waals surface area contributed by atoms with E-state index in [1.54, 1.807) is 0 Å². The monoisotopic (exact) mass is 236 g/mol. The number of esters is 1. The summed E-state index contributed by atoms with van der Waals surface area (Å²) in [6.07, 6.45) is 4.24. The van der Waals surface area contributed by atoms with Crippen LogP contribution >= 0.6 is 0 Å². The smallest absolute Gasteiger partial charge is 0.356 e. The number of hydrogen-bond acceptors (Lipinski definition) is 3. The van der Waals surface area contributed by atoms with Crippen LogP contribution in [0.15, 0.2) is 0 Å². The van der Waals surface area contributed by atoms with Crippen molar-refractivity contribution in [3.63, 3.8) is 0 Å². The molecule has 1 aliphatic heterocycles. The molecule has 0 bridgehead atoms. The van der Waals surface area contributed by atoms with E-state index in [1.165, 1.54) is 7.11 Å². The number of rotatable bonds is 3. The van der Waals surface area contributed by atoms with Crippen molar-refractivity contribution in [2.75, 3.05) is 7.11 Å². The molecule has 1 aromatic rings. The van der Waals surface area contributed by atoms with E-state index in [-0.39, 0.29) is 5.97 Å². The molecular weight excluding hydrogens is 216 g/mol. The molecule has 2 rings (SSSR count). The highest BCUT2D eigenvalue weighted by Crippen LogP contribution is 2.27. The van der Waals surface area contributed by atoms with E-state index in [4.69, 9.17) is 4.74 Å². The van der Waals surface area contributed by atoms with E-state index in [2.05, 4.69) is 23.4 Å². The average Bonchev–Trinajstić information content (AvgIpc) is 2.76. The third-order valence-electron chi connectivity index (χ3n) is 3.56. The molecule has 0 saturated heterocycles. The molecule has 0 fully saturated rings. The van der Waals surface area contributed by atoms with Crippen LogP contribution in [0.2, 0.25) is 0 Å². The van der Waals surface area contributed by atoms with Crippen LogP contribution < -0.4 is 0 Å². The van der Waals surface area contributed by atoms with E-state index >= 15 is 0 Å². The van der Waals surface area contributed by atoms with Crippen molar-refractivity contribution in [1.29, 1.82) is 0 Å². The van der Waals surface area contributed by atoms with Crippen molar-refractivity contribution in [2.45, 2.75) is 52.0 Å². The fourth-order valence-corrected chi connectivity index (χ4v) is 2.35. The van der Waals surface area contributed by atoms with Gasteiger partial charge in [0.2, 0.25) is 0 Å². The quantitative estimate of drug-likeness (QED) is 0.757. The van der Waals surface area contributed by atoms with Gasteiger partial charge in [0.25, 0.3) is 0 Å². The van der Waals surface area contributed by atoms with Gasteiger partial charge in [-0.2, -0.15) is 0 Å². The Balaban J connectivity index is 2.50. The largest absolute Gasteiger partial charge is 0.464 e. The number of fused-ring (bicyclic) bond motifs is 1. The second-order valence-corrected chi connectivity index (χ2v) is 4.67. The topological polar surface area (TPSA) is 44.1 Å². The van der Waals surface area contributed by atoms with E-state index < -0.39 is 0 Å². The molecule has 0 aromatic carbocycles. The predicted octanol–water partition coefficient (Wildman–Crippen LogP) is 2.52. The molecule has 17 heavy (non-hydrogen) atoms. The maximum atomic E-state index is 11.9. The summed E-state index contributed by atoms with van der Waals surface area (Å²) in [5.74, 6) is 1.11. The van der Waals surface area contributed by atoms with Gasteiger partial charge in [-0.1, -0.05) is 13.8 Å². The predicted molar refractivity (Wildman–Crippen MR) is 65.2 cm³/mol. The van der Waals surface area contributed by atoms with Crippen LogP contribution in [-0.4, -0.2) is 22.6 Å². The summed E-state index contributed by atoms with van der Waals surface area (Å²) in [5, 5.41) is 0. The zero-order valence-electron chi connectivity index (χ0n) is 10.8. The van der Waals surface area contributed by atoms with Crippen LogP contribution in [0, 0.1) is 0 Å². The Morgan fingerprint density at radius 3 is 2.94 bits per heavy atom. The molecule has 0 amide bonds. The summed E-state index contributed by atoms with van der Waals surface area (Å²) in [6.45, 7) is 5.12. The SMILES string of the molecule is CC[C@@H](C)c1nc2n(c1C(=O)OC)CCCC2. The molecule has 4 nitrogen and oxygen atoms in total. The number of carbonyl (C=O) groups excluding carboxylic acids is 1. The van der Waals surface area contributed by atoms with E-state index in [1.807, 2.05) is 0 Å². The Kier molecular flexibility index (Phi) is 3.50. The zero-order chi connectivity index (χ0) is 12.4. The normalized spacial score (nSPS) is 16.4. The molecule has 0 saturated carbocycles. The van der Waals surface area contributed by atoms with Crippen LogP contribution in [-0.2, 0) is 17.7 Å². The summed E-state index contributed by atoms with van der Waals surface area (Å²) in [5.41, 5.74) is 1.59. The van der Waals surface area contributed by atoms with Crippen LogP contribution in [0.25, 0.3) is 0 Å². The molecule has 1 atom stereocenters. The standard InChI is InChI=1S/C13H20N2O2/c1-4-9(2)11-12(13(16)17-3)15-8-6-5-7-10(15)14-11/h9H,4-8H2,1-3H3/t9-/m1/s1. The van der Waals surface area contributed by atoms with Gasteiger partial charge >= 0.3 is 5.97 Å². The fourth-order valence-electron chi connectivity index (χ4n) is 2.35. The van der Waals surface area contributed by atoms with Gasteiger partial charge in [-0.3, -0.25) is 0 Å². The van der Waals surface area contributed by atoms with Gasteiger partial charge in [-0.25, -0.2) is 9.78 Å². The summed E-state index contributed by atoms with van der Waals surface area (Å²) in [6, 6.07) is 0. The first-order chi connectivity index (χ1) is 8.19. The highest BCUT2D eigenvalue weighted by Gasteiger charge is 2.27. The fraction of sp³-hybridized carbons (Fsp3) is 0.692. The number of aromatic nitrogens is 2. The molecule has 0 N–H and O–H groups in total. The number of ether oxygens (including phenoxy) is 1. The van der Waals surface area contributed by atoms with Crippen molar-refractivity contribution >= 4 is 5.97 Å². The summed E-state index contributed by atoms with van der Waals surface area (Å²) >= 11 is 0. The lowest BCUT2D eigenvalue weighted by Crippen LogP contribution is -2.17. The molecular formula is C13H20N2O2. The van der Waals surface area contributed by atoms with Crippen molar-refractivity contribution in [2.24, 2.45) is 0 Å². The lowest BCUT2D eigenvalue weighted by atomic mass is 10.0. The van der Waals surface area contributed by atoms with Crippen molar-refractivity contribution in [3.05, 3.63) is 17.2 Å². The minimum atomic E-state index is -0.249. The Hall–Kier alpha value is -1.32. The number of carbonyl (C=O) groups is 1. The second-order valence-electron chi connectivity index (χ2n) is 4.67. The number of aryl methyl sites for hydroxylation is 1. The highest BCUT2D eigenvalue weighted by atomic mass is 16.5. The Morgan fingerprint density at radius 2 is 2.29 bits per heavy atom. The molecule has 0 radical (unpaired) electrons. The second kappa shape index (κ2) is 4.90. The maximum absolute atomic E-state index is 11.9. The van der Waals surface area contributed by atoms with Gasteiger partial charge in [0.05, 0.1) is 12.8 Å². The van der Waals surface area contributed by atoms with Gasteiger partial charge in [-0.05, 0) is 19.3 Å². The number of nitrogens with zero attached hydrogens (tertiary/aromatic N) is 2. The molecule has 2 heterocycles. The van der Waals surface area contributed by atoms with E-state index in [0.717, 1.165) is 43.7 Å². The molecule has 1 aromatic heterocycles. The molecule has 0 unspecified atom stereocenters. The van der Waals surface area contributed by atoms with Gasteiger partial charge in [0.15, 0.2) is 5.69 Å². The zero-order valence-corrected chi connectivity index (χ0v) is 10.8. The lowest BCUT2D eigenvalue weighted by molar-refractivity contribution is 0.0585. The van der Waals surface area contributed by atoms with Crippen LogP contribution in [0.1, 0.15) is 61.0 Å². The Labute approximate surface area is 102 Å². The molecule has 94 valence electrons. The average molecular weight is 236 g/mol. The lowest BCUT2D eigenvalue weighted by Gasteiger charge is -2.15. The minimum absolute atomic E-state index is 0.249. The number of imidazole rings is 1. The van der Waals surface area contributed by atoms with Gasteiger partial charge in [-0.15, -0.1) is 0 Å². The molecule has 0 spiro atoms. The van der Waals surface area contributed by atoms with Gasteiger partial charge in [0, 0.05) is 18.9 Å². The summed E-state index contributed by atoms with van der Waals surface area (Å²) < 4.78 is 6.95. The van der Waals surface area contributed by atoms with Crippen molar-refractivity contribution in [1.82, 2.24) is 9.55 Å².